The van der Waals surface area contributed by atoms with E-state index < -0.39 is 36.0 Å². The second-order valence-corrected chi connectivity index (χ2v) is 8.42. The van der Waals surface area contributed by atoms with Crippen LogP contribution in [-0.2, 0) is 28.6 Å². The Bertz CT molecular complexity index is 1160. The number of rotatable bonds is 18. The predicted octanol–water partition coefficient (Wildman–Crippen LogP) is 4.59. The molecule has 0 aromatic heterocycles. The molecule has 0 heterocycles. The van der Waals surface area contributed by atoms with Gasteiger partial charge < -0.3 is 33.2 Å². The Hall–Kier alpha value is -4.22. The topological polar surface area (TPSA) is 116 Å². The van der Waals surface area contributed by atoms with Gasteiger partial charge in [0.2, 0.25) is 17.2 Å². The zero-order chi connectivity index (χ0) is 30.3. The fourth-order valence-electron chi connectivity index (χ4n) is 3.54. The molecule has 2 aromatic rings. The fourth-order valence-corrected chi connectivity index (χ4v) is 3.54. The minimum atomic E-state index is -3.02. The van der Waals surface area contributed by atoms with E-state index in [0.717, 1.165) is 12.2 Å². The highest BCUT2D eigenvalue weighted by atomic mass is 19.1. The van der Waals surface area contributed by atoms with Crippen molar-refractivity contribution < 1.29 is 51.9 Å². The van der Waals surface area contributed by atoms with E-state index in [-0.39, 0.29) is 20.2 Å². The Morgan fingerprint density at radius 1 is 0.756 bits per heavy atom. The van der Waals surface area contributed by atoms with Crippen molar-refractivity contribution >= 4 is 29.7 Å². The number of ketones is 2. The molecule has 0 N–H and O–H groups in total. The van der Waals surface area contributed by atoms with Crippen LogP contribution in [0, 0.1) is 0 Å². The molecule has 0 aliphatic heterocycles. The third-order valence-corrected chi connectivity index (χ3v) is 5.65. The Kier molecular flexibility index (Phi) is 13.5. The molecule has 222 valence electrons. The summed E-state index contributed by atoms with van der Waals surface area (Å²) < 4.78 is 52.2. The maximum atomic E-state index is 16.2. The number of ether oxygens (including phenoxy) is 7. The van der Waals surface area contributed by atoms with Gasteiger partial charge in [-0.1, -0.05) is 24.3 Å². The van der Waals surface area contributed by atoms with E-state index in [0.29, 0.717) is 34.1 Å². The predicted molar refractivity (Wildman–Crippen MR) is 149 cm³/mol. The van der Waals surface area contributed by atoms with Crippen LogP contribution in [0.5, 0.6) is 23.0 Å². The highest BCUT2D eigenvalue weighted by molar-refractivity contribution is 6.20. The van der Waals surface area contributed by atoms with E-state index in [1.54, 1.807) is 43.3 Å². The summed E-state index contributed by atoms with van der Waals surface area (Å²) >= 11 is 0. The SMILES string of the molecule is CCOC(=O)CCC(F)(C(=O)/C=C/c1ccc(OCOC)c(OC)c1)C(=O)/C=C/c1ccc(OCOC)c(OC)c1. The molecule has 0 aliphatic rings. The number of halogens is 1. The number of hydrogen-bond donors (Lipinski definition) is 0. The van der Waals surface area contributed by atoms with Gasteiger partial charge >= 0.3 is 5.97 Å². The lowest BCUT2D eigenvalue weighted by Crippen LogP contribution is -2.41. The molecule has 2 rings (SSSR count). The van der Waals surface area contributed by atoms with Crippen LogP contribution in [0.2, 0.25) is 0 Å². The lowest BCUT2D eigenvalue weighted by Gasteiger charge is -2.19. The molecule has 0 unspecified atom stereocenters. The first-order valence-corrected chi connectivity index (χ1v) is 12.6. The van der Waals surface area contributed by atoms with Gasteiger partial charge in [-0.15, -0.1) is 0 Å². The van der Waals surface area contributed by atoms with Crippen LogP contribution in [0.25, 0.3) is 12.2 Å². The lowest BCUT2D eigenvalue weighted by atomic mass is 9.88. The third-order valence-electron chi connectivity index (χ3n) is 5.65. The second-order valence-electron chi connectivity index (χ2n) is 8.42. The van der Waals surface area contributed by atoms with Gasteiger partial charge in [0.25, 0.3) is 0 Å². The molecule has 0 saturated carbocycles. The highest BCUT2D eigenvalue weighted by Crippen LogP contribution is 2.31. The quantitative estimate of drug-likeness (QED) is 0.108. The summed E-state index contributed by atoms with van der Waals surface area (Å²) in [5.41, 5.74) is -2.05. The van der Waals surface area contributed by atoms with Crippen molar-refractivity contribution in [1.29, 1.82) is 0 Å². The van der Waals surface area contributed by atoms with Gasteiger partial charge in [-0.2, -0.15) is 0 Å². The summed E-state index contributed by atoms with van der Waals surface area (Å²) in [6.45, 7) is 1.69. The standard InChI is InChI=1S/C30H35FO10/c1-6-39-29(34)15-16-30(31,27(32)13-9-21-7-11-23(40-19-35-2)25(17-21)37-4)28(33)14-10-22-8-12-24(41-20-36-3)26(18-22)38-5/h7-14,17-18H,6,15-16,19-20H2,1-5H3/b13-9+,14-10+. The summed E-state index contributed by atoms with van der Waals surface area (Å²) in [6, 6.07) is 9.57. The molecule has 0 fully saturated rings. The smallest absolute Gasteiger partial charge is 0.305 e. The summed E-state index contributed by atoms with van der Waals surface area (Å²) in [7, 11) is 5.83. The Balaban J connectivity index is 2.31. The maximum Gasteiger partial charge on any atom is 0.305 e. The summed E-state index contributed by atoms with van der Waals surface area (Å²) in [5.74, 6) is -1.45. The number of hydrogen-bond acceptors (Lipinski definition) is 10. The Morgan fingerprint density at radius 3 is 1.61 bits per heavy atom. The molecule has 0 aliphatic carbocycles. The summed E-state index contributed by atoms with van der Waals surface area (Å²) in [5, 5.41) is 0. The molecule has 0 bridgehead atoms. The van der Waals surface area contributed by atoms with Gasteiger partial charge in [0.15, 0.2) is 36.6 Å². The largest absolute Gasteiger partial charge is 0.493 e. The van der Waals surface area contributed by atoms with Crippen LogP contribution in [0.3, 0.4) is 0 Å². The monoisotopic (exact) mass is 574 g/mol. The van der Waals surface area contributed by atoms with Crippen LogP contribution >= 0.6 is 0 Å². The molecular formula is C30H35FO10. The average molecular weight is 575 g/mol. The van der Waals surface area contributed by atoms with E-state index in [4.69, 9.17) is 33.2 Å². The first-order valence-electron chi connectivity index (χ1n) is 12.6. The van der Waals surface area contributed by atoms with Crippen LogP contribution in [0.15, 0.2) is 48.6 Å². The van der Waals surface area contributed by atoms with Crippen molar-refractivity contribution in [2.75, 3.05) is 48.6 Å². The van der Waals surface area contributed by atoms with Gasteiger partial charge in [-0.3, -0.25) is 14.4 Å². The van der Waals surface area contributed by atoms with Crippen molar-refractivity contribution in [2.24, 2.45) is 0 Å². The van der Waals surface area contributed by atoms with Crippen LogP contribution in [-0.4, -0.2) is 71.8 Å². The number of benzene rings is 2. The van der Waals surface area contributed by atoms with E-state index in [1.165, 1.54) is 40.6 Å². The van der Waals surface area contributed by atoms with Crippen molar-refractivity contribution in [1.82, 2.24) is 0 Å². The zero-order valence-electron chi connectivity index (χ0n) is 23.8. The molecule has 0 atom stereocenters. The third kappa shape index (κ3) is 9.73. The number of methoxy groups -OCH3 is 4. The number of esters is 1. The Labute approximate surface area is 238 Å². The number of carbonyl (C=O) groups is 3. The molecule has 0 radical (unpaired) electrons. The van der Waals surface area contributed by atoms with E-state index in [1.807, 2.05) is 0 Å². The first-order chi connectivity index (χ1) is 19.7. The van der Waals surface area contributed by atoms with E-state index in [9.17, 15) is 14.4 Å². The molecule has 0 amide bonds. The second kappa shape index (κ2) is 16.8. The summed E-state index contributed by atoms with van der Waals surface area (Å²) in [6.07, 6.45) is 3.41. The van der Waals surface area contributed by atoms with Crippen LogP contribution in [0.4, 0.5) is 4.39 Å². The normalized spacial score (nSPS) is 11.5. The minimum absolute atomic E-state index is 0.00299. The number of carbonyl (C=O) groups excluding carboxylic acids is 3. The van der Waals surface area contributed by atoms with Gasteiger partial charge in [0.1, 0.15) is 0 Å². The lowest BCUT2D eigenvalue weighted by molar-refractivity contribution is -0.145. The van der Waals surface area contributed by atoms with Crippen molar-refractivity contribution in [3.05, 3.63) is 59.7 Å². The highest BCUT2D eigenvalue weighted by Gasteiger charge is 2.43. The molecule has 2 aromatic carbocycles. The van der Waals surface area contributed by atoms with E-state index in [2.05, 4.69) is 0 Å². The van der Waals surface area contributed by atoms with Gasteiger partial charge in [-0.05, 0) is 54.5 Å². The molecular weight excluding hydrogens is 539 g/mol. The van der Waals surface area contributed by atoms with Gasteiger partial charge in [0.05, 0.1) is 20.8 Å². The van der Waals surface area contributed by atoms with Crippen LogP contribution < -0.4 is 18.9 Å². The zero-order valence-corrected chi connectivity index (χ0v) is 23.8. The van der Waals surface area contributed by atoms with E-state index >= 15 is 4.39 Å². The first kappa shape index (κ1) is 33.0. The molecule has 11 heteroatoms. The molecule has 41 heavy (non-hydrogen) atoms. The summed E-state index contributed by atoms with van der Waals surface area (Å²) in [4.78, 5) is 38.1. The number of alkyl halides is 1. The Morgan fingerprint density at radius 2 is 1.22 bits per heavy atom. The number of allylic oxidation sites excluding steroid dienone is 2. The van der Waals surface area contributed by atoms with Crippen LogP contribution in [0.1, 0.15) is 30.9 Å². The van der Waals surface area contributed by atoms with Crippen molar-refractivity contribution in [3.63, 3.8) is 0 Å². The van der Waals surface area contributed by atoms with Crippen molar-refractivity contribution in [2.45, 2.75) is 25.4 Å². The molecule has 0 saturated heterocycles. The van der Waals surface area contributed by atoms with Crippen molar-refractivity contribution in [3.8, 4) is 23.0 Å². The molecule has 0 spiro atoms. The fraction of sp³-hybridized carbons (Fsp3) is 0.367. The van der Waals surface area contributed by atoms with Gasteiger partial charge in [-0.25, -0.2) is 4.39 Å². The maximum absolute atomic E-state index is 16.2. The molecule has 10 nitrogen and oxygen atoms in total. The average Bonchev–Trinajstić information content (AvgIpc) is 2.99. The minimum Gasteiger partial charge on any atom is -0.493 e. The van der Waals surface area contributed by atoms with Gasteiger partial charge in [0, 0.05) is 27.1 Å².